The first kappa shape index (κ1) is 17.9. The van der Waals surface area contributed by atoms with Gasteiger partial charge in [0.15, 0.2) is 0 Å². The molecular weight excluding hydrogens is 248 g/mol. The minimum Gasteiger partial charge on any atom is -0.381 e. The molecule has 0 aromatic rings. The van der Waals surface area contributed by atoms with Crippen LogP contribution in [0.25, 0.3) is 0 Å². The molecule has 0 spiro atoms. The average Bonchev–Trinajstić information content (AvgIpc) is 2.21. The second-order valence-corrected chi connectivity index (χ2v) is 8.14. The number of hydrogen-bond acceptors (Lipinski definition) is 3. The van der Waals surface area contributed by atoms with Crippen LogP contribution in [0, 0.1) is 11.8 Å². The van der Waals surface area contributed by atoms with E-state index in [1.807, 2.05) is 0 Å². The van der Waals surface area contributed by atoms with Crippen LogP contribution >= 0.6 is 0 Å². The van der Waals surface area contributed by atoms with Crippen LogP contribution in [0.3, 0.4) is 0 Å². The molecule has 0 saturated carbocycles. The molecule has 4 heteroatoms. The summed E-state index contributed by atoms with van der Waals surface area (Å²) in [5.41, 5.74) is 0. The molecule has 0 aromatic heterocycles. The zero-order chi connectivity index (χ0) is 14.0. The maximum absolute atomic E-state index is 11.7. The van der Waals surface area contributed by atoms with Crippen molar-refractivity contribution in [3.63, 3.8) is 0 Å². The molecule has 0 bridgehead atoms. The molecular formula is C14H30O3S. The Morgan fingerprint density at radius 1 is 0.833 bits per heavy atom. The Morgan fingerprint density at radius 2 is 1.39 bits per heavy atom. The van der Waals surface area contributed by atoms with Crippen LogP contribution in [-0.2, 0) is 14.6 Å². The molecule has 110 valence electrons. The van der Waals surface area contributed by atoms with Crippen molar-refractivity contribution < 1.29 is 13.2 Å². The topological polar surface area (TPSA) is 43.4 Å². The van der Waals surface area contributed by atoms with Crippen LogP contribution in [0.1, 0.15) is 53.4 Å². The fourth-order valence-corrected chi connectivity index (χ4v) is 2.98. The number of rotatable bonds is 11. The molecule has 0 aliphatic carbocycles. The van der Waals surface area contributed by atoms with Crippen LogP contribution in [0.2, 0.25) is 0 Å². The monoisotopic (exact) mass is 278 g/mol. The highest BCUT2D eigenvalue weighted by Gasteiger charge is 2.10. The fourth-order valence-electron chi connectivity index (χ4n) is 1.62. The fraction of sp³-hybridized carbons (Fsp3) is 1.00. The van der Waals surface area contributed by atoms with E-state index in [1.165, 1.54) is 0 Å². The van der Waals surface area contributed by atoms with Gasteiger partial charge in [-0.05, 0) is 31.1 Å². The maximum Gasteiger partial charge on any atom is 0.150 e. The van der Waals surface area contributed by atoms with Gasteiger partial charge in [-0.2, -0.15) is 0 Å². The molecule has 0 aromatic carbocycles. The van der Waals surface area contributed by atoms with Gasteiger partial charge < -0.3 is 4.74 Å². The largest absolute Gasteiger partial charge is 0.381 e. The van der Waals surface area contributed by atoms with Gasteiger partial charge in [-0.1, -0.05) is 34.1 Å². The summed E-state index contributed by atoms with van der Waals surface area (Å²) < 4.78 is 28.8. The Balaban J connectivity index is 3.53. The summed E-state index contributed by atoms with van der Waals surface area (Å²) in [6.45, 7) is 9.86. The summed E-state index contributed by atoms with van der Waals surface area (Å²) in [7, 11) is -2.86. The summed E-state index contributed by atoms with van der Waals surface area (Å²) in [5.74, 6) is 1.83. The Morgan fingerprint density at radius 3 is 1.94 bits per heavy atom. The van der Waals surface area contributed by atoms with Gasteiger partial charge in [-0.25, -0.2) is 8.42 Å². The maximum atomic E-state index is 11.7. The van der Waals surface area contributed by atoms with Crippen LogP contribution < -0.4 is 0 Å². The highest BCUT2D eigenvalue weighted by atomic mass is 32.2. The van der Waals surface area contributed by atoms with E-state index in [9.17, 15) is 8.42 Å². The van der Waals surface area contributed by atoms with Gasteiger partial charge in [0.05, 0.1) is 11.5 Å². The van der Waals surface area contributed by atoms with Crippen LogP contribution in [0.15, 0.2) is 0 Å². The van der Waals surface area contributed by atoms with Crippen molar-refractivity contribution in [2.24, 2.45) is 11.8 Å². The van der Waals surface area contributed by atoms with Crippen molar-refractivity contribution in [1.82, 2.24) is 0 Å². The molecule has 0 saturated heterocycles. The molecule has 0 radical (unpaired) electrons. The first-order valence-corrected chi connectivity index (χ1v) is 8.94. The van der Waals surface area contributed by atoms with Gasteiger partial charge in [0.25, 0.3) is 0 Å². The van der Waals surface area contributed by atoms with E-state index in [1.54, 1.807) is 0 Å². The van der Waals surface area contributed by atoms with E-state index in [4.69, 9.17) is 4.74 Å². The molecule has 0 unspecified atom stereocenters. The first-order valence-electron chi connectivity index (χ1n) is 7.11. The van der Waals surface area contributed by atoms with Crippen molar-refractivity contribution >= 4 is 9.84 Å². The summed E-state index contributed by atoms with van der Waals surface area (Å²) in [6, 6.07) is 0. The summed E-state index contributed by atoms with van der Waals surface area (Å²) in [6.07, 6.45) is 3.45. The van der Waals surface area contributed by atoms with E-state index in [2.05, 4.69) is 27.7 Å². The Bertz CT molecular complexity index is 281. The normalized spacial score (nSPS) is 12.6. The van der Waals surface area contributed by atoms with E-state index in [0.717, 1.165) is 25.9 Å². The third-order valence-electron chi connectivity index (χ3n) is 2.82. The predicted molar refractivity (Wildman–Crippen MR) is 77.6 cm³/mol. The lowest BCUT2D eigenvalue weighted by molar-refractivity contribution is 0.124. The smallest absolute Gasteiger partial charge is 0.150 e. The van der Waals surface area contributed by atoms with Crippen molar-refractivity contribution in [3.05, 3.63) is 0 Å². The van der Waals surface area contributed by atoms with E-state index in [-0.39, 0.29) is 5.75 Å². The van der Waals surface area contributed by atoms with Gasteiger partial charge in [-0.15, -0.1) is 0 Å². The van der Waals surface area contributed by atoms with E-state index >= 15 is 0 Å². The zero-order valence-electron chi connectivity index (χ0n) is 12.4. The van der Waals surface area contributed by atoms with Crippen LogP contribution in [0.4, 0.5) is 0 Å². The Hall–Kier alpha value is -0.0900. The molecule has 18 heavy (non-hydrogen) atoms. The standard InChI is InChI=1S/C14H30O3S/c1-13(2)7-5-11-18(15,16)12-6-9-17-10-8-14(3)4/h13-14H,5-12H2,1-4H3. The van der Waals surface area contributed by atoms with Gasteiger partial charge >= 0.3 is 0 Å². The molecule has 0 amide bonds. The third kappa shape index (κ3) is 12.4. The Kier molecular flexibility index (Phi) is 9.74. The van der Waals surface area contributed by atoms with Gasteiger partial charge in [0, 0.05) is 13.2 Å². The minimum atomic E-state index is -2.86. The molecule has 0 rings (SSSR count). The molecule has 0 atom stereocenters. The third-order valence-corrected chi connectivity index (χ3v) is 4.64. The minimum absolute atomic E-state index is 0.271. The Labute approximate surface area is 113 Å². The van der Waals surface area contributed by atoms with Gasteiger partial charge in [0.1, 0.15) is 9.84 Å². The van der Waals surface area contributed by atoms with Crippen molar-refractivity contribution in [1.29, 1.82) is 0 Å². The number of ether oxygens (including phenoxy) is 1. The molecule has 0 heterocycles. The summed E-state index contributed by atoms with van der Waals surface area (Å²) >= 11 is 0. The van der Waals surface area contributed by atoms with E-state index in [0.29, 0.717) is 30.6 Å². The van der Waals surface area contributed by atoms with Gasteiger partial charge in [-0.3, -0.25) is 0 Å². The van der Waals surface area contributed by atoms with E-state index < -0.39 is 9.84 Å². The second kappa shape index (κ2) is 9.79. The predicted octanol–water partition coefficient (Wildman–Crippen LogP) is 3.29. The lowest BCUT2D eigenvalue weighted by Crippen LogP contribution is -2.14. The molecule has 0 N–H and O–H groups in total. The van der Waals surface area contributed by atoms with Crippen molar-refractivity contribution in [2.45, 2.75) is 53.4 Å². The van der Waals surface area contributed by atoms with Crippen molar-refractivity contribution in [3.8, 4) is 0 Å². The molecule has 0 aliphatic heterocycles. The van der Waals surface area contributed by atoms with Gasteiger partial charge in [0.2, 0.25) is 0 Å². The average molecular weight is 278 g/mol. The first-order chi connectivity index (χ1) is 8.33. The van der Waals surface area contributed by atoms with Crippen LogP contribution in [-0.4, -0.2) is 33.1 Å². The summed E-state index contributed by atoms with van der Waals surface area (Å²) in [5, 5.41) is 0. The molecule has 0 fully saturated rings. The second-order valence-electron chi connectivity index (χ2n) is 5.84. The van der Waals surface area contributed by atoms with Crippen LogP contribution in [0.5, 0.6) is 0 Å². The molecule has 3 nitrogen and oxygen atoms in total. The lowest BCUT2D eigenvalue weighted by atomic mass is 10.1. The number of sulfone groups is 1. The zero-order valence-corrected chi connectivity index (χ0v) is 13.3. The highest BCUT2D eigenvalue weighted by molar-refractivity contribution is 7.91. The quantitative estimate of drug-likeness (QED) is 0.545. The summed E-state index contributed by atoms with van der Waals surface area (Å²) in [4.78, 5) is 0. The number of hydrogen-bond donors (Lipinski definition) is 0. The SMILES string of the molecule is CC(C)CCCS(=O)(=O)CCCOCCC(C)C. The molecule has 0 aliphatic rings. The highest BCUT2D eigenvalue weighted by Crippen LogP contribution is 2.07. The van der Waals surface area contributed by atoms with Crippen molar-refractivity contribution in [2.75, 3.05) is 24.7 Å². The lowest BCUT2D eigenvalue weighted by Gasteiger charge is -2.08.